The van der Waals surface area contributed by atoms with Crippen molar-refractivity contribution < 1.29 is 0 Å². The molecule has 0 fully saturated rings. The van der Waals surface area contributed by atoms with E-state index in [0.29, 0.717) is 0 Å². The Labute approximate surface area is 102 Å². The first-order valence-electron chi connectivity index (χ1n) is 5.72. The number of rotatable bonds is 3. The molecular formula is C13H18N4. The van der Waals surface area contributed by atoms with Gasteiger partial charge < -0.3 is 5.32 Å². The Bertz CT molecular complexity index is 502. The monoisotopic (exact) mass is 230 g/mol. The highest BCUT2D eigenvalue weighted by Gasteiger charge is 2.20. The first-order valence-corrected chi connectivity index (χ1v) is 5.72. The molecule has 0 saturated carbocycles. The molecule has 0 aromatic carbocycles. The number of aromatic nitrogens is 3. The zero-order chi connectivity index (χ0) is 12.4. The van der Waals surface area contributed by atoms with Gasteiger partial charge in [0.25, 0.3) is 0 Å². The summed E-state index contributed by atoms with van der Waals surface area (Å²) >= 11 is 0. The van der Waals surface area contributed by atoms with E-state index in [1.807, 2.05) is 38.0 Å². The second-order valence-corrected chi connectivity index (χ2v) is 4.22. The van der Waals surface area contributed by atoms with Gasteiger partial charge in [0.1, 0.15) is 0 Å². The Morgan fingerprint density at radius 2 is 2.12 bits per heavy atom. The fourth-order valence-electron chi connectivity index (χ4n) is 2.23. The minimum Gasteiger partial charge on any atom is -0.309 e. The van der Waals surface area contributed by atoms with Gasteiger partial charge in [-0.1, -0.05) is 6.07 Å². The lowest BCUT2D eigenvalue weighted by Crippen LogP contribution is -2.19. The molecule has 0 spiro atoms. The third kappa shape index (κ3) is 2.08. The normalized spacial score (nSPS) is 12.7. The molecule has 90 valence electrons. The highest BCUT2D eigenvalue weighted by molar-refractivity contribution is 5.35. The van der Waals surface area contributed by atoms with Crippen LogP contribution in [-0.4, -0.2) is 21.8 Å². The van der Waals surface area contributed by atoms with E-state index in [1.54, 1.807) is 6.20 Å². The fraction of sp³-hybridized carbons (Fsp3) is 0.385. The van der Waals surface area contributed by atoms with Gasteiger partial charge in [0.05, 0.1) is 11.7 Å². The molecule has 0 saturated heterocycles. The summed E-state index contributed by atoms with van der Waals surface area (Å²) < 4.78 is 1.92. The van der Waals surface area contributed by atoms with Crippen molar-refractivity contribution in [3.05, 3.63) is 47.0 Å². The second-order valence-electron chi connectivity index (χ2n) is 4.22. The van der Waals surface area contributed by atoms with Crippen molar-refractivity contribution in [1.29, 1.82) is 0 Å². The largest absolute Gasteiger partial charge is 0.309 e. The average molecular weight is 230 g/mol. The number of hydrogen-bond acceptors (Lipinski definition) is 3. The molecule has 1 N–H and O–H groups in total. The molecule has 1 unspecified atom stereocenters. The summed E-state index contributed by atoms with van der Waals surface area (Å²) in [4.78, 5) is 4.18. The Hall–Kier alpha value is -1.68. The molecule has 0 aliphatic carbocycles. The van der Waals surface area contributed by atoms with Gasteiger partial charge in [-0.3, -0.25) is 9.67 Å². The van der Waals surface area contributed by atoms with Crippen molar-refractivity contribution in [3.8, 4) is 0 Å². The zero-order valence-electron chi connectivity index (χ0n) is 10.7. The van der Waals surface area contributed by atoms with Crippen molar-refractivity contribution in [2.75, 3.05) is 7.05 Å². The zero-order valence-corrected chi connectivity index (χ0v) is 10.7. The Balaban J connectivity index is 2.50. The number of nitrogens with zero attached hydrogens (tertiary/aromatic N) is 3. The third-order valence-electron chi connectivity index (χ3n) is 3.16. The molecule has 0 aliphatic rings. The first-order chi connectivity index (χ1) is 8.15. The van der Waals surface area contributed by atoms with Crippen LogP contribution in [0.25, 0.3) is 0 Å². The molecule has 4 heteroatoms. The van der Waals surface area contributed by atoms with E-state index >= 15 is 0 Å². The van der Waals surface area contributed by atoms with E-state index in [1.165, 1.54) is 11.3 Å². The summed E-state index contributed by atoms with van der Waals surface area (Å²) in [7, 11) is 3.94. The number of hydrogen-bond donors (Lipinski definition) is 1. The number of aryl methyl sites for hydroxylation is 2. The van der Waals surface area contributed by atoms with Crippen LogP contribution in [0.4, 0.5) is 0 Å². The standard InChI is InChI=1S/C13H18N4/c1-9-12(10(2)17(4)16-9)13(14-3)11-6-5-7-15-8-11/h5-8,13-14H,1-4H3. The van der Waals surface area contributed by atoms with Crippen LogP contribution in [0.15, 0.2) is 24.5 Å². The first kappa shape index (κ1) is 11.8. The molecule has 0 bridgehead atoms. The summed E-state index contributed by atoms with van der Waals surface area (Å²) in [5.74, 6) is 0. The van der Waals surface area contributed by atoms with Crippen LogP contribution in [0.2, 0.25) is 0 Å². The van der Waals surface area contributed by atoms with Crippen LogP contribution in [-0.2, 0) is 7.05 Å². The number of pyridine rings is 1. The SMILES string of the molecule is CNC(c1cccnc1)c1c(C)nn(C)c1C. The van der Waals surface area contributed by atoms with E-state index in [2.05, 4.69) is 28.4 Å². The van der Waals surface area contributed by atoms with Crippen LogP contribution in [0, 0.1) is 13.8 Å². The Morgan fingerprint density at radius 3 is 2.59 bits per heavy atom. The molecule has 0 amide bonds. The number of nitrogens with one attached hydrogen (secondary N) is 1. The van der Waals surface area contributed by atoms with Crippen LogP contribution in [0.3, 0.4) is 0 Å². The van der Waals surface area contributed by atoms with E-state index < -0.39 is 0 Å². The van der Waals surface area contributed by atoms with Gasteiger partial charge in [-0.15, -0.1) is 0 Å². The quantitative estimate of drug-likeness (QED) is 0.873. The smallest absolute Gasteiger partial charge is 0.0647 e. The van der Waals surface area contributed by atoms with Crippen molar-refractivity contribution in [1.82, 2.24) is 20.1 Å². The molecule has 4 nitrogen and oxygen atoms in total. The van der Waals surface area contributed by atoms with Crippen molar-refractivity contribution in [3.63, 3.8) is 0 Å². The van der Waals surface area contributed by atoms with E-state index in [9.17, 15) is 0 Å². The van der Waals surface area contributed by atoms with Gasteiger partial charge in [-0.2, -0.15) is 5.10 Å². The van der Waals surface area contributed by atoms with Crippen LogP contribution >= 0.6 is 0 Å². The lowest BCUT2D eigenvalue weighted by Gasteiger charge is -2.17. The molecule has 2 heterocycles. The molecule has 2 rings (SSSR count). The molecule has 0 aliphatic heterocycles. The molecule has 1 atom stereocenters. The van der Waals surface area contributed by atoms with Crippen LogP contribution in [0.1, 0.15) is 28.6 Å². The Kier molecular flexibility index (Phi) is 3.24. The predicted molar refractivity (Wildman–Crippen MR) is 67.8 cm³/mol. The summed E-state index contributed by atoms with van der Waals surface area (Å²) in [6.45, 7) is 4.14. The van der Waals surface area contributed by atoms with Gasteiger partial charge in [0, 0.05) is 30.7 Å². The van der Waals surface area contributed by atoms with Gasteiger partial charge in [0.2, 0.25) is 0 Å². The molecule has 2 aromatic heterocycles. The molecule has 17 heavy (non-hydrogen) atoms. The molecular weight excluding hydrogens is 212 g/mol. The summed E-state index contributed by atoms with van der Waals surface area (Å²) in [5.41, 5.74) is 4.65. The van der Waals surface area contributed by atoms with Gasteiger partial charge in [0.15, 0.2) is 0 Å². The topological polar surface area (TPSA) is 42.7 Å². The van der Waals surface area contributed by atoms with E-state index in [-0.39, 0.29) is 6.04 Å². The van der Waals surface area contributed by atoms with Crippen LogP contribution < -0.4 is 5.32 Å². The molecule has 0 radical (unpaired) electrons. The third-order valence-corrected chi connectivity index (χ3v) is 3.16. The fourth-order valence-corrected chi connectivity index (χ4v) is 2.23. The van der Waals surface area contributed by atoms with E-state index in [0.717, 1.165) is 11.3 Å². The van der Waals surface area contributed by atoms with Gasteiger partial charge in [-0.25, -0.2) is 0 Å². The Morgan fingerprint density at radius 1 is 1.35 bits per heavy atom. The minimum absolute atomic E-state index is 0.150. The maximum absolute atomic E-state index is 4.46. The summed E-state index contributed by atoms with van der Waals surface area (Å²) in [6, 6.07) is 4.19. The van der Waals surface area contributed by atoms with E-state index in [4.69, 9.17) is 0 Å². The minimum atomic E-state index is 0.150. The van der Waals surface area contributed by atoms with Crippen molar-refractivity contribution >= 4 is 0 Å². The summed E-state index contributed by atoms with van der Waals surface area (Å²) in [6.07, 6.45) is 3.69. The van der Waals surface area contributed by atoms with Crippen molar-refractivity contribution in [2.24, 2.45) is 7.05 Å². The predicted octanol–water partition coefficient (Wildman–Crippen LogP) is 1.74. The lowest BCUT2D eigenvalue weighted by atomic mass is 9.99. The average Bonchev–Trinajstić information content (AvgIpc) is 2.58. The van der Waals surface area contributed by atoms with Gasteiger partial charge >= 0.3 is 0 Å². The maximum Gasteiger partial charge on any atom is 0.0647 e. The summed E-state index contributed by atoms with van der Waals surface area (Å²) in [5, 5.41) is 7.80. The second kappa shape index (κ2) is 4.67. The van der Waals surface area contributed by atoms with Crippen molar-refractivity contribution in [2.45, 2.75) is 19.9 Å². The highest BCUT2D eigenvalue weighted by atomic mass is 15.3. The molecule has 2 aromatic rings. The maximum atomic E-state index is 4.46. The van der Waals surface area contributed by atoms with Crippen LogP contribution in [0.5, 0.6) is 0 Å². The van der Waals surface area contributed by atoms with Gasteiger partial charge in [-0.05, 0) is 32.5 Å². The lowest BCUT2D eigenvalue weighted by molar-refractivity contribution is 0.675. The highest BCUT2D eigenvalue weighted by Crippen LogP contribution is 2.26.